The van der Waals surface area contributed by atoms with E-state index in [1.165, 1.54) is 23.9 Å². The maximum Gasteiger partial charge on any atom is 0.235 e. The van der Waals surface area contributed by atoms with Gasteiger partial charge in [0.15, 0.2) is 11.5 Å². The Balaban J connectivity index is 1.83. The van der Waals surface area contributed by atoms with E-state index < -0.39 is 0 Å². The van der Waals surface area contributed by atoms with Crippen molar-refractivity contribution in [3.8, 4) is 17.2 Å². The molecule has 0 unspecified atom stereocenters. The van der Waals surface area contributed by atoms with E-state index in [2.05, 4.69) is 10.4 Å². The molecule has 1 amide bonds. The fraction of sp³-hybridized carbons (Fsp3) is 0.273. The molecule has 1 atom stereocenters. The Kier molecular flexibility index (Phi) is 5.67. The minimum atomic E-state index is -0.326. The summed E-state index contributed by atoms with van der Waals surface area (Å²) in [5.41, 5.74) is 3.37. The van der Waals surface area contributed by atoms with Crippen molar-refractivity contribution in [2.24, 2.45) is 0 Å². The molecule has 6 nitrogen and oxygen atoms in total. The molecule has 0 fully saturated rings. The monoisotopic (exact) mass is 427 g/mol. The summed E-state index contributed by atoms with van der Waals surface area (Å²) in [7, 11) is 1.61. The van der Waals surface area contributed by atoms with Crippen molar-refractivity contribution in [2.45, 2.75) is 19.1 Å². The summed E-state index contributed by atoms with van der Waals surface area (Å²) in [6.45, 7) is 4.38. The Labute approximate surface area is 178 Å². The summed E-state index contributed by atoms with van der Waals surface area (Å²) in [5, 5.41) is 7.49. The minimum absolute atomic E-state index is 0.107. The normalized spacial score (nSPS) is 15.9. The number of rotatable bonds is 5. The van der Waals surface area contributed by atoms with Gasteiger partial charge in [-0.3, -0.25) is 4.79 Å². The molecule has 0 saturated heterocycles. The Morgan fingerprint density at radius 2 is 2.00 bits per heavy atom. The van der Waals surface area contributed by atoms with Crippen molar-refractivity contribution >= 4 is 23.5 Å². The third kappa shape index (κ3) is 3.75. The van der Waals surface area contributed by atoms with Gasteiger partial charge < -0.3 is 14.8 Å². The third-order valence-corrected chi connectivity index (χ3v) is 6.14. The van der Waals surface area contributed by atoms with Crippen molar-refractivity contribution in [2.75, 3.05) is 24.8 Å². The van der Waals surface area contributed by atoms with Crippen LogP contribution in [0.25, 0.3) is 5.69 Å². The summed E-state index contributed by atoms with van der Waals surface area (Å²) in [6.07, 6.45) is 0. The van der Waals surface area contributed by atoms with Gasteiger partial charge in [0.05, 0.1) is 36.1 Å². The van der Waals surface area contributed by atoms with Gasteiger partial charge in [-0.05, 0) is 55.8 Å². The molecule has 156 valence electrons. The van der Waals surface area contributed by atoms with Crippen LogP contribution < -0.4 is 14.8 Å². The predicted molar refractivity (Wildman–Crippen MR) is 115 cm³/mol. The van der Waals surface area contributed by atoms with Crippen LogP contribution in [0.2, 0.25) is 0 Å². The maximum absolute atomic E-state index is 13.4. The molecule has 2 heterocycles. The molecule has 0 radical (unpaired) electrons. The molecule has 4 rings (SSSR count). The van der Waals surface area contributed by atoms with Gasteiger partial charge in [-0.15, -0.1) is 11.8 Å². The number of thioether (sulfide) groups is 1. The number of halogens is 1. The zero-order chi connectivity index (χ0) is 21.3. The first-order valence-corrected chi connectivity index (χ1v) is 10.6. The number of benzene rings is 2. The van der Waals surface area contributed by atoms with Crippen molar-refractivity contribution in [3.05, 3.63) is 65.1 Å². The number of carbonyl (C=O) groups is 1. The van der Waals surface area contributed by atoms with Crippen molar-refractivity contribution < 1.29 is 18.7 Å². The van der Waals surface area contributed by atoms with Gasteiger partial charge in [-0.1, -0.05) is 6.07 Å². The molecule has 1 N–H and O–H groups in total. The average molecular weight is 428 g/mol. The van der Waals surface area contributed by atoms with Crippen molar-refractivity contribution in [1.29, 1.82) is 0 Å². The van der Waals surface area contributed by atoms with Gasteiger partial charge in [0.1, 0.15) is 11.6 Å². The topological polar surface area (TPSA) is 65.4 Å². The molecule has 2 aromatic carbocycles. The number of nitrogens with one attached hydrogen (secondary N) is 1. The first-order valence-electron chi connectivity index (χ1n) is 9.59. The molecule has 1 aliphatic heterocycles. The number of nitrogens with zero attached hydrogens (tertiary/aromatic N) is 2. The highest BCUT2D eigenvalue weighted by Gasteiger charge is 2.31. The van der Waals surface area contributed by atoms with E-state index in [0.717, 1.165) is 16.8 Å². The SMILES string of the molecule is CCOc1ccc([C@H]2SCC(=O)Nc3c2c(C)nn3-c2ccc(F)cc2)cc1OC. The zero-order valence-corrected chi connectivity index (χ0v) is 17.8. The number of hydrogen-bond acceptors (Lipinski definition) is 5. The highest BCUT2D eigenvalue weighted by Crippen LogP contribution is 2.45. The minimum Gasteiger partial charge on any atom is -0.493 e. The average Bonchev–Trinajstić information content (AvgIpc) is 2.94. The number of methoxy groups -OCH3 is 1. The second-order valence-corrected chi connectivity index (χ2v) is 7.91. The van der Waals surface area contributed by atoms with Gasteiger partial charge in [0, 0.05) is 5.56 Å². The highest BCUT2D eigenvalue weighted by molar-refractivity contribution is 8.00. The van der Waals surface area contributed by atoms with E-state index in [1.807, 2.05) is 32.0 Å². The van der Waals surface area contributed by atoms with Crippen LogP contribution in [-0.2, 0) is 4.79 Å². The standard InChI is InChI=1S/C22H22FN3O3S/c1-4-29-17-10-5-14(11-18(17)28-3)21-20-13(2)25-26(16-8-6-15(23)7-9-16)22(20)24-19(27)12-30-21/h5-11,21H,4,12H2,1-3H3,(H,24,27)/t21-/m1/s1. The molecular formula is C22H22FN3O3S. The van der Waals surface area contributed by atoms with Gasteiger partial charge >= 0.3 is 0 Å². The Bertz CT molecular complexity index is 1080. The lowest BCUT2D eigenvalue weighted by molar-refractivity contribution is -0.113. The van der Waals surface area contributed by atoms with Crippen LogP contribution in [0.5, 0.6) is 11.5 Å². The van der Waals surface area contributed by atoms with E-state index in [-0.39, 0.29) is 17.0 Å². The Hall–Kier alpha value is -3.00. The number of aryl methyl sites for hydroxylation is 1. The largest absolute Gasteiger partial charge is 0.493 e. The van der Waals surface area contributed by atoms with E-state index in [0.29, 0.717) is 35.4 Å². The number of ether oxygens (including phenoxy) is 2. The first-order chi connectivity index (χ1) is 14.5. The van der Waals surface area contributed by atoms with Crippen LogP contribution in [0.4, 0.5) is 10.2 Å². The van der Waals surface area contributed by atoms with E-state index in [1.54, 1.807) is 23.9 Å². The quantitative estimate of drug-likeness (QED) is 0.649. The lowest BCUT2D eigenvalue weighted by atomic mass is 10.0. The number of fused-ring (bicyclic) bond motifs is 1. The molecule has 0 saturated carbocycles. The Morgan fingerprint density at radius 1 is 1.23 bits per heavy atom. The predicted octanol–water partition coefficient (Wildman–Crippen LogP) is 4.50. The molecular weight excluding hydrogens is 405 g/mol. The van der Waals surface area contributed by atoms with Crippen molar-refractivity contribution in [1.82, 2.24) is 9.78 Å². The summed E-state index contributed by atoms with van der Waals surface area (Å²) in [6, 6.07) is 11.8. The smallest absolute Gasteiger partial charge is 0.235 e. The second-order valence-electron chi connectivity index (χ2n) is 6.82. The van der Waals surface area contributed by atoms with Gasteiger partial charge in [-0.25, -0.2) is 9.07 Å². The van der Waals surface area contributed by atoms with Gasteiger partial charge in [-0.2, -0.15) is 5.10 Å². The summed E-state index contributed by atoms with van der Waals surface area (Å²) in [4.78, 5) is 12.5. The lowest BCUT2D eigenvalue weighted by Crippen LogP contribution is -2.15. The number of amides is 1. The highest BCUT2D eigenvalue weighted by atomic mass is 32.2. The molecule has 30 heavy (non-hydrogen) atoms. The zero-order valence-electron chi connectivity index (χ0n) is 16.9. The molecule has 0 spiro atoms. The fourth-order valence-electron chi connectivity index (χ4n) is 3.54. The van der Waals surface area contributed by atoms with Crippen LogP contribution >= 0.6 is 11.8 Å². The third-order valence-electron chi connectivity index (χ3n) is 4.87. The molecule has 0 bridgehead atoms. The first kappa shape index (κ1) is 20.3. The van der Waals surface area contributed by atoms with Crippen molar-refractivity contribution in [3.63, 3.8) is 0 Å². The molecule has 3 aromatic rings. The molecule has 8 heteroatoms. The van der Waals surface area contributed by atoms with Crippen LogP contribution in [-0.4, -0.2) is 35.2 Å². The number of carbonyl (C=O) groups excluding carboxylic acids is 1. The van der Waals surface area contributed by atoms with Gasteiger partial charge in [0.2, 0.25) is 5.91 Å². The molecule has 1 aliphatic rings. The number of aromatic nitrogens is 2. The van der Waals surface area contributed by atoms with Crippen LogP contribution in [0.1, 0.15) is 29.0 Å². The van der Waals surface area contributed by atoms with Crippen LogP contribution in [0, 0.1) is 12.7 Å². The van der Waals surface area contributed by atoms with E-state index >= 15 is 0 Å². The molecule has 0 aliphatic carbocycles. The maximum atomic E-state index is 13.4. The van der Waals surface area contributed by atoms with E-state index in [9.17, 15) is 9.18 Å². The summed E-state index contributed by atoms with van der Waals surface area (Å²) >= 11 is 1.53. The number of anilines is 1. The Morgan fingerprint density at radius 3 is 2.70 bits per heavy atom. The molecule has 1 aromatic heterocycles. The number of hydrogen-bond donors (Lipinski definition) is 1. The lowest BCUT2D eigenvalue weighted by Gasteiger charge is -2.18. The van der Waals surface area contributed by atoms with E-state index in [4.69, 9.17) is 9.47 Å². The summed E-state index contributed by atoms with van der Waals surface area (Å²) in [5.74, 6) is 1.79. The van der Waals surface area contributed by atoms with Crippen LogP contribution in [0.3, 0.4) is 0 Å². The summed E-state index contributed by atoms with van der Waals surface area (Å²) < 4.78 is 26.2. The second kappa shape index (κ2) is 8.39. The van der Waals surface area contributed by atoms with Gasteiger partial charge in [0.25, 0.3) is 0 Å². The van der Waals surface area contributed by atoms with Crippen LogP contribution in [0.15, 0.2) is 42.5 Å². The fourth-order valence-corrected chi connectivity index (χ4v) is 4.72.